The molecule has 1 aromatic rings. The number of benzene rings is 1. The number of likely N-dealkylation sites (tertiary alicyclic amines) is 1. The highest BCUT2D eigenvalue weighted by Crippen LogP contribution is 2.34. The Hall–Kier alpha value is -1.68. The zero-order valence-electron chi connectivity index (χ0n) is 11.5. The topological polar surface area (TPSA) is 63.4 Å². The Morgan fingerprint density at radius 3 is 2.45 bits per heavy atom. The minimum atomic E-state index is -0.321. The second kappa shape index (κ2) is 5.37. The maximum absolute atomic E-state index is 12.6. The van der Waals surface area contributed by atoms with Gasteiger partial charge in [-0.25, -0.2) is 0 Å². The number of imide groups is 1. The Balaban J connectivity index is 1.83. The maximum Gasteiger partial charge on any atom is 0.237 e. The van der Waals surface area contributed by atoms with Crippen LogP contribution in [0.5, 0.6) is 0 Å². The summed E-state index contributed by atoms with van der Waals surface area (Å²) in [7, 11) is 0. The van der Waals surface area contributed by atoms with E-state index in [2.05, 4.69) is 0 Å². The van der Waals surface area contributed by atoms with Crippen molar-refractivity contribution >= 4 is 11.8 Å². The molecule has 0 aromatic heterocycles. The van der Waals surface area contributed by atoms with Crippen LogP contribution in [0.25, 0.3) is 0 Å². The van der Waals surface area contributed by atoms with Gasteiger partial charge in [0.1, 0.15) is 0 Å². The van der Waals surface area contributed by atoms with Crippen molar-refractivity contribution in [1.29, 1.82) is 0 Å². The summed E-state index contributed by atoms with van der Waals surface area (Å²) in [6, 6.07) is 9.40. The lowest BCUT2D eigenvalue weighted by atomic mass is 9.90. The van der Waals surface area contributed by atoms with Crippen LogP contribution >= 0.6 is 0 Å². The minimum absolute atomic E-state index is 0.0637. The molecule has 2 aliphatic rings. The van der Waals surface area contributed by atoms with Gasteiger partial charge in [0.25, 0.3) is 0 Å². The van der Waals surface area contributed by atoms with E-state index in [0.29, 0.717) is 0 Å². The van der Waals surface area contributed by atoms with Gasteiger partial charge < -0.3 is 5.73 Å². The van der Waals surface area contributed by atoms with Gasteiger partial charge in [0.05, 0.1) is 12.0 Å². The third-order valence-corrected chi connectivity index (χ3v) is 4.50. The molecule has 4 nitrogen and oxygen atoms in total. The molecule has 106 valence electrons. The highest BCUT2D eigenvalue weighted by atomic mass is 16.2. The van der Waals surface area contributed by atoms with Crippen LogP contribution in [0.4, 0.5) is 0 Å². The second-order valence-corrected chi connectivity index (χ2v) is 5.79. The summed E-state index contributed by atoms with van der Waals surface area (Å²) < 4.78 is 0. The molecule has 2 N–H and O–H groups in total. The van der Waals surface area contributed by atoms with Gasteiger partial charge in [-0.2, -0.15) is 0 Å². The summed E-state index contributed by atoms with van der Waals surface area (Å²) in [5, 5.41) is 0. The minimum Gasteiger partial charge on any atom is -0.326 e. The number of amides is 2. The van der Waals surface area contributed by atoms with Crippen LogP contribution in [0, 0.1) is 0 Å². The fraction of sp³-hybridized carbons (Fsp3) is 0.500. The first kappa shape index (κ1) is 13.3. The maximum atomic E-state index is 12.6. The highest BCUT2D eigenvalue weighted by Gasteiger charge is 2.44. The molecule has 1 aliphatic heterocycles. The van der Waals surface area contributed by atoms with Gasteiger partial charge in [-0.15, -0.1) is 0 Å². The van der Waals surface area contributed by atoms with Crippen molar-refractivity contribution in [3.8, 4) is 0 Å². The molecule has 20 heavy (non-hydrogen) atoms. The van der Waals surface area contributed by atoms with Crippen molar-refractivity contribution in [2.75, 3.05) is 0 Å². The molecule has 3 unspecified atom stereocenters. The average molecular weight is 272 g/mol. The SMILES string of the molecule is NC1CCCCC1N1C(=O)CC(c2ccccc2)C1=O. The number of nitrogens with two attached hydrogens (primary N) is 1. The largest absolute Gasteiger partial charge is 0.326 e. The van der Waals surface area contributed by atoms with Crippen LogP contribution in [0.1, 0.15) is 43.6 Å². The summed E-state index contributed by atoms with van der Waals surface area (Å²) in [4.78, 5) is 26.3. The van der Waals surface area contributed by atoms with Gasteiger partial charge in [0, 0.05) is 12.5 Å². The number of rotatable bonds is 2. The summed E-state index contributed by atoms with van der Waals surface area (Å²) >= 11 is 0. The van der Waals surface area contributed by atoms with Crippen LogP contribution in [0.15, 0.2) is 30.3 Å². The van der Waals surface area contributed by atoms with Gasteiger partial charge in [-0.05, 0) is 18.4 Å². The van der Waals surface area contributed by atoms with Crippen molar-refractivity contribution in [3.63, 3.8) is 0 Å². The number of hydrogen-bond acceptors (Lipinski definition) is 3. The van der Waals surface area contributed by atoms with E-state index in [0.717, 1.165) is 31.2 Å². The van der Waals surface area contributed by atoms with Crippen molar-refractivity contribution in [3.05, 3.63) is 35.9 Å². The predicted octanol–water partition coefficient (Wildman–Crippen LogP) is 1.80. The Morgan fingerprint density at radius 1 is 1.05 bits per heavy atom. The van der Waals surface area contributed by atoms with Crippen LogP contribution in [0.3, 0.4) is 0 Å². The summed E-state index contributed by atoms with van der Waals surface area (Å²) in [6.07, 6.45) is 4.17. The molecule has 3 atom stereocenters. The molecule has 1 aromatic carbocycles. The molecule has 4 heteroatoms. The molecule has 1 aliphatic carbocycles. The summed E-state index contributed by atoms with van der Waals surface area (Å²) in [5.41, 5.74) is 7.05. The molecule has 1 saturated carbocycles. The third-order valence-electron chi connectivity index (χ3n) is 4.50. The molecule has 0 bridgehead atoms. The van der Waals surface area contributed by atoms with Crippen molar-refractivity contribution in [1.82, 2.24) is 4.90 Å². The van der Waals surface area contributed by atoms with E-state index in [-0.39, 0.29) is 36.2 Å². The molecule has 2 amide bonds. The zero-order valence-corrected chi connectivity index (χ0v) is 11.5. The van der Waals surface area contributed by atoms with E-state index >= 15 is 0 Å². The third kappa shape index (κ3) is 2.24. The van der Waals surface area contributed by atoms with Gasteiger partial charge in [0.2, 0.25) is 11.8 Å². The van der Waals surface area contributed by atoms with E-state index in [1.807, 2.05) is 30.3 Å². The Bertz CT molecular complexity index is 514. The van der Waals surface area contributed by atoms with E-state index in [1.165, 1.54) is 4.90 Å². The molecule has 2 fully saturated rings. The number of carbonyl (C=O) groups excluding carboxylic acids is 2. The molecule has 1 saturated heterocycles. The first-order valence-corrected chi connectivity index (χ1v) is 7.35. The summed E-state index contributed by atoms with van der Waals surface area (Å²) in [6.45, 7) is 0. The van der Waals surface area contributed by atoms with Crippen LogP contribution in [-0.2, 0) is 9.59 Å². The normalized spacial score (nSPS) is 30.9. The molecular formula is C16H20N2O2. The summed E-state index contributed by atoms with van der Waals surface area (Å²) in [5.74, 6) is -0.451. The lowest BCUT2D eigenvalue weighted by Gasteiger charge is -2.34. The fourth-order valence-electron chi connectivity index (χ4n) is 3.41. The first-order valence-electron chi connectivity index (χ1n) is 7.35. The van der Waals surface area contributed by atoms with Crippen molar-refractivity contribution in [2.24, 2.45) is 5.73 Å². The van der Waals surface area contributed by atoms with Crippen LogP contribution < -0.4 is 5.73 Å². The standard InChI is InChI=1S/C16H20N2O2/c17-13-8-4-5-9-14(13)18-15(19)10-12(16(18)20)11-6-2-1-3-7-11/h1-3,6-7,12-14H,4-5,8-10,17H2. The Morgan fingerprint density at radius 2 is 1.75 bits per heavy atom. The smallest absolute Gasteiger partial charge is 0.237 e. The van der Waals surface area contributed by atoms with Crippen molar-refractivity contribution in [2.45, 2.75) is 50.1 Å². The van der Waals surface area contributed by atoms with E-state index in [1.54, 1.807) is 0 Å². The Labute approximate surface area is 118 Å². The predicted molar refractivity (Wildman–Crippen MR) is 75.9 cm³/mol. The van der Waals surface area contributed by atoms with E-state index in [9.17, 15) is 9.59 Å². The second-order valence-electron chi connectivity index (χ2n) is 5.79. The lowest BCUT2D eigenvalue weighted by Crippen LogP contribution is -2.52. The average Bonchev–Trinajstić information content (AvgIpc) is 2.76. The fourth-order valence-corrected chi connectivity index (χ4v) is 3.41. The molecular weight excluding hydrogens is 252 g/mol. The van der Waals surface area contributed by atoms with Gasteiger partial charge in [-0.1, -0.05) is 43.2 Å². The zero-order chi connectivity index (χ0) is 14.1. The van der Waals surface area contributed by atoms with E-state index in [4.69, 9.17) is 5.73 Å². The number of nitrogens with zero attached hydrogens (tertiary/aromatic N) is 1. The number of carbonyl (C=O) groups is 2. The molecule has 3 rings (SSSR count). The molecule has 0 spiro atoms. The number of hydrogen-bond donors (Lipinski definition) is 1. The van der Waals surface area contributed by atoms with Gasteiger partial charge >= 0.3 is 0 Å². The molecule has 1 heterocycles. The molecule has 0 radical (unpaired) electrons. The monoisotopic (exact) mass is 272 g/mol. The highest BCUT2D eigenvalue weighted by molar-refractivity contribution is 6.06. The van der Waals surface area contributed by atoms with E-state index < -0.39 is 0 Å². The quantitative estimate of drug-likeness (QED) is 0.835. The van der Waals surface area contributed by atoms with Gasteiger partial charge in [0.15, 0.2) is 0 Å². The Kier molecular flexibility index (Phi) is 3.57. The first-order chi connectivity index (χ1) is 9.68. The van der Waals surface area contributed by atoms with Crippen LogP contribution in [0.2, 0.25) is 0 Å². The lowest BCUT2D eigenvalue weighted by molar-refractivity contribution is -0.142. The van der Waals surface area contributed by atoms with Gasteiger partial charge in [-0.3, -0.25) is 14.5 Å². The van der Waals surface area contributed by atoms with Crippen LogP contribution in [-0.4, -0.2) is 28.8 Å². The van der Waals surface area contributed by atoms with Crippen molar-refractivity contribution < 1.29 is 9.59 Å².